The number of aromatic hydroxyl groups is 2. The van der Waals surface area contributed by atoms with Crippen molar-refractivity contribution in [2.75, 3.05) is 0 Å². The van der Waals surface area contributed by atoms with Crippen molar-refractivity contribution in [3.05, 3.63) is 59.7 Å². The maximum absolute atomic E-state index is 11.9. The molecule has 0 amide bonds. The quantitative estimate of drug-likeness (QED) is 0.785. The van der Waals surface area contributed by atoms with Gasteiger partial charge in [0.25, 0.3) is 0 Å². The maximum Gasteiger partial charge on any atom is 0.193 e. The molecule has 0 saturated heterocycles. The smallest absolute Gasteiger partial charge is 0.193 e. The molecule has 0 aromatic heterocycles. The fraction of sp³-hybridized carbons (Fsp3) is 0. The van der Waals surface area contributed by atoms with Gasteiger partial charge in [0.05, 0.1) is 0 Å². The fourth-order valence-electron chi connectivity index (χ4n) is 1.39. The summed E-state index contributed by atoms with van der Waals surface area (Å²) in [7, 11) is 0. The van der Waals surface area contributed by atoms with Gasteiger partial charge in [0.15, 0.2) is 5.78 Å². The maximum atomic E-state index is 11.9. The third kappa shape index (κ3) is 2.81. The highest BCUT2D eigenvalue weighted by Crippen LogP contribution is 2.16. The van der Waals surface area contributed by atoms with Crippen molar-refractivity contribution < 1.29 is 19.7 Å². The number of ketones is 1. The number of hydrogen-bond acceptors (Lipinski definition) is 3. The highest BCUT2D eigenvalue weighted by molar-refractivity contribution is 6.09. The third-order valence-corrected chi connectivity index (χ3v) is 2.26. The molecule has 0 atom stereocenters. The summed E-state index contributed by atoms with van der Waals surface area (Å²) < 4.78 is 0. The van der Waals surface area contributed by atoms with Crippen molar-refractivity contribution in [2.45, 2.75) is 0 Å². The van der Waals surface area contributed by atoms with Gasteiger partial charge < -0.3 is 10.2 Å². The molecular formula is C13H11FO3. The van der Waals surface area contributed by atoms with Crippen molar-refractivity contribution in [1.29, 1.82) is 0 Å². The molecule has 0 saturated carbocycles. The molecule has 2 aromatic rings. The van der Waals surface area contributed by atoms with Crippen LogP contribution in [0.4, 0.5) is 4.70 Å². The zero-order valence-electron chi connectivity index (χ0n) is 8.83. The van der Waals surface area contributed by atoms with Crippen LogP contribution in [-0.2, 0) is 0 Å². The van der Waals surface area contributed by atoms with Crippen LogP contribution in [0.15, 0.2) is 48.5 Å². The summed E-state index contributed by atoms with van der Waals surface area (Å²) in [6.45, 7) is 0. The SMILES string of the molecule is F.O=C(c1ccc(O)cc1)c1ccc(O)cc1. The Hall–Kier alpha value is -2.36. The predicted molar refractivity (Wildman–Crippen MR) is 62.1 cm³/mol. The minimum Gasteiger partial charge on any atom is -0.508 e. The van der Waals surface area contributed by atoms with Crippen LogP contribution in [0, 0.1) is 0 Å². The van der Waals surface area contributed by atoms with Crippen molar-refractivity contribution in [3.63, 3.8) is 0 Å². The van der Waals surface area contributed by atoms with Crippen LogP contribution >= 0.6 is 0 Å². The highest BCUT2D eigenvalue weighted by atomic mass is 19.0. The minimum absolute atomic E-state index is 0. The van der Waals surface area contributed by atoms with Crippen molar-refractivity contribution >= 4 is 5.78 Å². The van der Waals surface area contributed by atoms with Crippen LogP contribution in [0.5, 0.6) is 11.5 Å². The van der Waals surface area contributed by atoms with Crippen LogP contribution in [-0.4, -0.2) is 16.0 Å². The first-order valence-electron chi connectivity index (χ1n) is 4.79. The van der Waals surface area contributed by atoms with E-state index in [9.17, 15) is 4.79 Å². The molecule has 4 heteroatoms. The second-order valence-corrected chi connectivity index (χ2v) is 3.42. The number of carbonyl (C=O) groups excluding carboxylic acids is 1. The summed E-state index contributed by atoms with van der Waals surface area (Å²) in [4.78, 5) is 11.9. The van der Waals surface area contributed by atoms with Gasteiger partial charge >= 0.3 is 0 Å². The molecule has 3 nitrogen and oxygen atoms in total. The van der Waals surface area contributed by atoms with E-state index >= 15 is 0 Å². The summed E-state index contributed by atoms with van der Waals surface area (Å²) in [5, 5.41) is 18.2. The van der Waals surface area contributed by atoms with Crippen LogP contribution in [0.2, 0.25) is 0 Å². The fourth-order valence-corrected chi connectivity index (χ4v) is 1.39. The van der Waals surface area contributed by atoms with Gasteiger partial charge in [-0.1, -0.05) is 0 Å². The van der Waals surface area contributed by atoms with Gasteiger partial charge in [0.2, 0.25) is 0 Å². The van der Waals surface area contributed by atoms with E-state index in [2.05, 4.69) is 0 Å². The molecular weight excluding hydrogens is 223 g/mol. The van der Waals surface area contributed by atoms with Crippen molar-refractivity contribution in [3.8, 4) is 11.5 Å². The zero-order chi connectivity index (χ0) is 11.5. The van der Waals surface area contributed by atoms with Gasteiger partial charge in [-0.15, -0.1) is 0 Å². The van der Waals surface area contributed by atoms with E-state index in [4.69, 9.17) is 10.2 Å². The Balaban J connectivity index is 0.00000144. The molecule has 17 heavy (non-hydrogen) atoms. The molecule has 0 spiro atoms. The normalized spacial score (nSPS) is 9.41. The van der Waals surface area contributed by atoms with E-state index in [-0.39, 0.29) is 22.0 Å². The molecule has 2 N–H and O–H groups in total. The number of phenols is 2. The topological polar surface area (TPSA) is 57.5 Å². The lowest BCUT2D eigenvalue weighted by Crippen LogP contribution is -2.00. The number of rotatable bonds is 2. The summed E-state index contributed by atoms with van der Waals surface area (Å²) in [6.07, 6.45) is 0. The molecule has 0 bridgehead atoms. The molecule has 0 heterocycles. The molecule has 2 rings (SSSR count). The summed E-state index contributed by atoms with van der Waals surface area (Å²) in [5.74, 6) is 0.115. The van der Waals surface area contributed by atoms with E-state index in [0.717, 1.165) is 0 Å². The summed E-state index contributed by atoms with van der Waals surface area (Å²) in [5.41, 5.74) is 1.01. The average molecular weight is 234 g/mol. The first-order valence-corrected chi connectivity index (χ1v) is 4.79. The van der Waals surface area contributed by atoms with Crippen LogP contribution in [0.25, 0.3) is 0 Å². The van der Waals surface area contributed by atoms with E-state index in [1.54, 1.807) is 24.3 Å². The third-order valence-electron chi connectivity index (χ3n) is 2.26. The van der Waals surface area contributed by atoms with E-state index in [1.165, 1.54) is 24.3 Å². The molecule has 0 fully saturated rings. The van der Waals surface area contributed by atoms with Crippen LogP contribution < -0.4 is 0 Å². The standard InChI is InChI=1S/C13H10O3.FH/c14-11-5-1-9(2-6-11)13(16)10-3-7-12(15)8-4-10;/h1-8,14-15H;1H. The Morgan fingerprint density at radius 1 is 0.706 bits per heavy atom. The predicted octanol–water partition coefficient (Wildman–Crippen LogP) is 2.48. The molecule has 0 aliphatic carbocycles. The van der Waals surface area contributed by atoms with Gasteiger partial charge in [-0.25, -0.2) is 0 Å². The highest BCUT2D eigenvalue weighted by Gasteiger charge is 2.08. The van der Waals surface area contributed by atoms with Crippen molar-refractivity contribution in [1.82, 2.24) is 0 Å². The van der Waals surface area contributed by atoms with Gasteiger partial charge in [0.1, 0.15) is 11.5 Å². The van der Waals surface area contributed by atoms with Gasteiger partial charge in [-0.3, -0.25) is 9.50 Å². The summed E-state index contributed by atoms with van der Waals surface area (Å²) >= 11 is 0. The number of benzene rings is 2. The Labute approximate surface area is 97.3 Å². The largest absolute Gasteiger partial charge is 0.508 e. The van der Waals surface area contributed by atoms with Crippen molar-refractivity contribution in [2.24, 2.45) is 0 Å². The van der Waals surface area contributed by atoms with E-state index in [0.29, 0.717) is 11.1 Å². The molecule has 0 radical (unpaired) electrons. The Bertz CT molecular complexity index is 456. The van der Waals surface area contributed by atoms with Gasteiger partial charge in [0, 0.05) is 11.1 Å². The Kier molecular flexibility index (Phi) is 3.82. The molecule has 0 aliphatic heterocycles. The van der Waals surface area contributed by atoms with Gasteiger partial charge in [-0.05, 0) is 48.5 Å². The van der Waals surface area contributed by atoms with Gasteiger partial charge in [-0.2, -0.15) is 0 Å². The molecule has 0 unspecified atom stereocenters. The number of hydrogen-bond donors (Lipinski definition) is 2. The summed E-state index contributed by atoms with van der Waals surface area (Å²) in [6, 6.07) is 12.1. The lowest BCUT2D eigenvalue weighted by molar-refractivity contribution is 0.103. The molecule has 88 valence electrons. The monoisotopic (exact) mass is 234 g/mol. The lowest BCUT2D eigenvalue weighted by Gasteiger charge is -2.01. The van der Waals surface area contributed by atoms with Crippen LogP contribution in [0.1, 0.15) is 15.9 Å². The Morgan fingerprint density at radius 3 is 1.29 bits per heavy atom. The minimum atomic E-state index is -0.139. The van der Waals surface area contributed by atoms with E-state index in [1.807, 2.05) is 0 Å². The second-order valence-electron chi connectivity index (χ2n) is 3.42. The average Bonchev–Trinajstić information content (AvgIpc) is 2.30. The molecule has 0 aliphatic rings. The molecule has 2 aromatic carbocycles. The lowest BCUT2D eigenvalue weighted by atomic mass is 10.0. The second kappa shape index (κ2) is 5.12. The number of carbonyl (C=O) groups is 1. The first kappa shape index (κ1) is 12.7. The Morgan fingerprint density at radius 2 is 1.00 bits per heavy atom. The van der Waals surface area contributed by atoms with E-state index < -0.39 is 0 Å². The van der Waals surface area contributed by atoms with Crippen LogP contribution in [0.3, 0.4) is 0 Å². The zero-order valence-corrected chi connectivity index (χ0v) is 8.83. The number of halogens is 1. The number of phenolic OH excluding ortho intramolecular Hbond substituents is 2. The first-order chi connectivity index (χ1) is 7.66.